The Labute approximate surface area is 190 Å². The smallest absolute Gasteiger partial charge is 0.343 e. The van der Waals surface area contributed by atoms with Crippen molar-refractivity contribution in [2.45, 2.75) is 52.4 Å². The number of aryl methyl sites for hydroxylation is 2. The average Bonchev–Trinajstić information content (AvgIpc) is 2.83. The minimum atomic E-state index is -0.494. The van der Waals surface area contributed by atoms with Gasteiger partial charge in [0.2, 0.25) is 0 Å². The summed E-state index contributed by atoms with van der Waals surface area (Å²) in [5, 5.41) is 0. The molecule has 4 heteroatoms. The van der Waals surface area contributed by atoms with Gasteiger partial charge >= 0.3 is 11.9 Å². The van der Waals surface area contributed by atoms with Crippen LogP contribution in [0.25, 0.3) is 0 Å². The van der Waals surface area contributed by atoms with Crippen LogP contribution in [0.3, 0.4) is 0 Å². The molecule has 0 N–H and O–H groups in total. The second-order valence-corrected chi connectivity index (χ2v) is 7.78. The highest BCUT2D eigenvalue weighted by molar-refractivity contribution is 5.96. The number of ether oxygens (including phenoxy) is 2. The quantitative estimate of drug-likeness (QED) is 0.262. The third-order valence-corrected chi connectivity index (χ3v) is 5.28. The molecule has 0 bridgehead atoms. The largest absolute Gasteiger partial charge is 0.423 e. The van der Waals surface area contributed by atoms with E-state index in [1.807, 2.05) is 36.4 Å². The molecule has 0 atom stereocenters. The summed E-state index contributed by atoms with van der Waals surface area (Å²) in [4.78, 5) is 25.5. The molecule has 0 radical (unpaired) electrons. The second kappa shape index (κ2) is 11.8. The van der Waals surface area contributed by atoms with Crippen LogP contribution in [-0.2, 0) is 12.8 Å². The summed E-state index contributed by atoms with van der Waals surface area (Å²) in [6, 6.07) is 21.6. The highest BCUT2D eigenvalue weighted by atomic mass is 16.5. The Bertz CT molecular complexity index is 974. The second-order valence-electron chi connectivity index (χ2n) is 7.78. The van der Waals surface area contributed by atoms with Crippen LogP contribution in [0.5, 0.6) is 11.5 Å². The third-order valence-electron chi connectivity index (χ3n) is 5.28. The Balaban J connectivity index is 1.73. The molecule has 0 aliphatic rings. The molecule has 0 aromatic heterocycles. The molecule has 0 fully saturated rings. The molecule has 0 heterocycles. The number of benzene rings is 3. The predicted octanol–water partition coefficient (Wildman–Crippen LogP) is 6.81. The van der Waals surface area contributed by atoms with Gasteiger partial charge in [-0.15, -0.1) is 0 Å². The molecule has 166 valence electrons. The number of hydrogen-bond donors (Lipinski definition) is 0. The summed E-state index contributed by atoms with van der Waals surface area (Å²) >= 11 is 0. The van der Waals surface area contributed by atoms with Crippen molar-refractivity contribution in [1.29, 1.82) is 0 Å². The molecule has 3 aromatic carbocycles. The Morgan fingerprint density at radius 3 is 1.50 bits per heavy atom. The summed E-state index contributed by atoms with van der Waals surface area (Å²) in [6.45, 7) is 4.25. The Kier molecular flexibility index (Phi) is 8.61. The molecule has 0 aliphatic heterocycles. The molecule has 3 rings (SSSR count). The van der Waals surface area contributed by atoms with Crippen molar-refractivity contribution in [3.8, 4) is 11.5 Å². The molecule has 0 amide bonds. The maximum absolute atomic E-state index is 12.8. The molecule has 0 aliphatic carbocycles. The van der Waals surface area contributed by atoms with Crippen LogP contribution in [0.15, 0.2) is 72.8 Å². The van der Waals surface area contributed by atoms with Crippen molar-refractivity contribution >= 4 is 11.9 Å². The maximum atomic E-state index is 12.8. The lowest BCUT2D eigenvalue weighted by atomic mass is 10.1. The van der Waals surface area contributed by atoms with E-state index >= 15 is 0 Å². The van der Waals surface area contributed by atoms with E-state index in [-0.39, 0.29) is 0 Å². The van der Waals surface area contributed by atoms with E-state index in [2.05, 4.69) is 13.8 Å². The lowest BCUT2D eigenvalue weighted by molar-refractivity contribution is 0.0733. The Morgan fingerprint density at radius 2 is 1.06 bits per heavy atom. The van der Waals surface area contributed by atoms with Crippen LogP contribution in [0.4, 0.5) is 0 Å². The first kappa shape index (κ1) is 23.3. The number of para-hydroxylation sites is 2. The van der Waals surface area contributed by atoms with Crippen molar-refractivity contribution in [3.63, 3.8) is 0 Å². The van der Waals surface area contributed by atoms with Crippen LogP contribution in [0.1, 0.15) is 71.4 Å². The summed E-state index contributed by atoms with van der Waals surface area (Å²) in [7, 11) is 0. The van der Waals surface area contributed by atoms with E-state index in [1.54, 1.807) is 30.3 Å². The molecule has 0 unspecified atom stereocenters. The lowest BCUT2D eigenvalue weighted by Gasteiger charge is -2.11. The van der Waals surface area contributed by atoms with Crippen LogP contribution < -0.4 is 9.47 Å². The first-order valence-corrected chi connectivity index (χ1v) is 11.3. The van der Waals surface area contributed by atoms with Crippen LogP contribution in [0.2, 0.25) is 0 Å². The van der Waals surface area contributed by atoms with Gasteiger partial charge in [0.25, 0.3) is 0 Å². The highest BCUT2D eigenvalue weighted by Gasteiger charge is 2.16. The van der Waals surface area contributed by atoms with Gasteiger partial charge in [0, 0.05) is 0 Å². The SMILES string of the molecule is CCCCc1ccccc1OC(=O)c1cccc(C(=O)Oc2ccccc2CCCC)c1. The van der Waals surface area contributed by atoms with E-state index < -0.39 is 11.9 Å². The molecule has 3 aromatic rings. The van der Waals surface area contributed by atoms with Gasteiger partial charge in [0.1, 0.15) is 11.5 Å². The van der Waals surface area contributed by atoms with Crippen LogP contribution in [0, 0.1) is 0 Å². The number of rotatable bonds is 10. The van der Waals surface area contributed by atoms with Gasteiger partial charge in [0.05, 0.1) is 11.1 Å². The average molecular weight is 431 g/mol. The van der Waals surface area contributed by atoms with E-state index in [1.165, 1.54) is 6.07 Å². The van der Waals surface area contributed by atoms with Crippen molar-refractivity contribution in [1.82, 2.24) is 0 Å². The Hall–Kier alpha value is -3.40. The topological polar surface area (TPSA) is 52.6 Å². The zero-order chi connectivity index (χ0) is 22.8. The van der Waals surface area contributed by atoms with Gasteiger partial charge in [-0.3, -0.25) is 0 Å². The van der Waals surface area contributed by atoms with Gasteiger partial charge in [-0.2, -0.15) is 0 Å². The standard InChI is InChI=1S/C28H30O4/c1-3-5-12-21-14-7-9-18-25(21)31-27(29)23-16-11-17-24(20-23)28(30)32-26-19-10-8-15-22(26)13-6-4-2/h7-11,14-20H,3-6,12-13H2,1-2H3. The number of unbranched alkanes of at least 4 members (excludes halogenated alkanes) is 2. The normalized spacial score (nSPS) is 10.6. The van der Waals surface area contributed by atoms with Crippen LogP contribution >= 0.6 is 0 Å². The molecule has 0 saturated carbocycles. The number of carbonyl (C=O) groups excluding carboxylic acids is 2. The summed E-state index contributed by atoms with van der Waals surface area (Å²) < 4.78 is 11.3. The van der Waals surface area contributed by atoms with Gasteiger partial charge in [-0.05, 0) is 67.1 Å². The summed E-state index contributed by atoms with van der Waals surface area (Å²) in [5.74, 6) is 0.131. The fourth-order valence-corrected chi connectivity index (χ4v) is 3.45. The fraction of sp³-hybridized carbons (Fsp3) is 0.286. The zero-order valence-electron chi connectivity index (χ0n) is 18.8. The van der Waals surface area contributed by atoms with Crippen molar-refractivity contribution in [3.05, 3.63) is 95.1 Å². The number of carbonyl (C=O) groups is 2. The van der Waals surface area contributed by atoms with E-state index in [0.717, 1.165) is 49.7 Å². The zero-order valence-corrected chi connectivity index (χ0v) is 18.8. The Morgan fingerprint density at radius 1 is 0.625 bits per heavy atom. The van der Waals surface area contributed by atoms with Crippen molar-refractivity contribution in [2.75, 3.05) is 0 Å². The van der Waals surface area contributed by atoms with Crippen molar-refractivity contribution < 1.29 is 19.1 Å². The monoisotopic (exact) mass is 430 g/mol. The molecule has 0 spiro atoms. The van der Waals surface area contributed by atoms with Crippen molar-refractivity contribution in [2.24, 2.45) is 0 Å². The van der Waals surface area contributed by atoms with Gasteiger partial charge in [-0.25, -0.2) is 9.59 Å². The van der Waals surface area contributed by atoms with E-state index in [9.17, 15) is 9.59 Å². The molecule has 32 heavy (non-hydrogen) atoms. The number of hydrogen-bond acceptors (Lipinski definition) is 4. The molecule has 0 saturated heterocycles. The maximum Gasteiger partial charge on any atom is 0.343 e. The number of esters is 2. The first-order chi connectivity index (χ1) is 15.6. The molecule has 4 nitrogen and oxygen atoms in total. The van der Waals surface area contributed by atoms with E-state index in [0.29, 0.717) is 22.6 Å². The predicted molar refractivity (Wildman–Crippen MR) is 126 cm³/mol. The fourth-order valence-electron chi connectivity index (χ4n) is 3.45. The minimum Gasteiger partial charge on any atom is -0.423 e. The molecular weight excluding hydrogens is 400 g/mol. The van der Waals surface area contributed by atoms with Gasteiger partial charge in [0.15, 0.2) is 0 Å². The third kappa shape index (κ3) is 6.30. The van der Waals surface area contributed by atoms with Gasteiger partial charge < -0.3 is 9.47 Å². The summed E-state index contributed by atoms with van der Waals surface area (Å²) in [5.41, 5.74) is 2.62. The van der Waals surface area contributed by atoms with E-state index in [4.69, 9.17) is 9.47 Å². The highest BCUT2D eigenvalue weighted by Crippen LogP contribution is 2.23. The lowest BCUT2D eigenvalue weighted by Crippen LogP contribution is -2.13. The summed E-state index contributed by atoms with van der Waals surface area (Å²) in [6.07, 6.45) is 5.88. The minimum absolute atomic E-state index is 0.309. The first-order valence-electron chi connectivity index (χ1n) is 11.3. The van der Waals surface area contributed by atoms with Crippen LogP contribution in [-0.4, -0.2) is 11.9 Å². The van der Waals surface area contributed by atoms with Gasteiger partial charge in [-0.1, -0.05) is 69.2 Å². The molecular formula is C28H30O4.